The summed E-state index contributed by atoms with van der Waals surface area (Å²) in [4.78, 5) is 31.1. The van der Waals surface area contributed by atoms with Crippen molar-refractivity contribution in [2.75, 3.05) is 13.7 Å². The number of nitrogens with one attached hydrogen (secondary N) is 1. The monoisotopic (exact) mass is 413 g/mol. The summed E-state index contributed by atoms with van der Waals surface area (Å²) in [6.45, 7) is 4.84. The second kappa shape index (κ2) is 11.0. The first-order chi connectivity index (χ1) is 13.9. The molecule has 1 aromatic carbocycles. The molecule has 1 amide bonds. The van der Waals surface area contributed by atoms with Crippen LogP contribution in [-0.2, 0) is 11.2 Å². The molecule has 1 aliphatic rings. The molecule has 1 N–H and O–H groups in total. The summed E-state index contributed by atoms with van der Waals surface area (Å²) >= 11 is 1.42. The molecule has 0 spiro atoms. The van der Waals surface area contributed by atoms with Crippen LogP contribution < -0.4 is 5.32 Å². The van der Waals surface area contributed by atoms with Gasteiger partial charge < -0.3 is 4.74 Å². The molecule has 0 saturated heterocycles. The number of hydrogen-bond donors (Lipinski definition) is 1. The first kappa shape index (κ1) is 22.1. The predicted molar refractivity (Wildman–Crippen MR) is 114 cm³/mol. The normalized spacial score (nSPS) is 11.5. The lowest BCUT2D eigenvalue weighted by Gasteiger charge is -2.02. The van der Waals surface area contributed by atoms with Gasteiger partial charge in [-0.1, -0.05) is 25.0 Å². The van der Waals surface area contributed by atoms with Crippen molar-refractivity contribution in [1.29, 1.82) is 0 Å². The zero-order chi connectivity index (χ0) is 21.2. The standard InChI is InChI=1S/C15H12N2O3S.C5H11N3/c1-20-15(19)17-13-8-10-7-9(4-5-11(10)16-13)14(18)12-3-2-6-21-12;1-5(2)3-4-7-8-6/h2-7H,8H2,1H3,(H,16,17,19);5H,3-4H2,1-2H3. The van der Waals surface area contributed by atoms with E-state index < -0.39 is 6.09 Å². The Labute approximate surface area is 173 Å². The number of nitrogens with zero attached hydrogens (tertiary/aromatic N) is 4. The van der Waals surface area contributed by atoms with Crippen LogP contribution in [0.25, 0.3) is 10.4 Å². The molecule has 29 heavy (non-hydrogen) atoms. The van der Waals surface area contributed by atoms with E-state index >= 15 is 0 Å². The van der Waals surface area contributed by atoms with Crippen LogP contribution in [0.1, 0.15) is 41.1 Å². The molecule has 3 rings (SSSR count). The number of carbonyl (C=O) groups excluding carboxylic acids is 2. The minimum Gasteiger partial charge on any atom is -0.453 e. The Morgan fingerprint density at radius 3 is 2.79 bits per heavy atom. The summed E-state index contributed by atoms with van der Waals surface area (Å²) in [6, 6.07) is 9.04. The number of amides is 1. The number of aliphatic imine (C=N–C) groups is 1. The van der Waals surface area contributed by atoms with Gasteiger partial charge in [0, 0.05) is 23.4 Å². The Morgan fingerprint density at radius 1 is 1.38 bits per heavy atom. The first-order valence-electron chi connectivity index (χ1n) is 9.09. The molecule has 0 unspecified atom stereocenters. The number of fused-ring (bicyclic) bond motifs is 1. The summed E-state index contributed by atoms with van der Waals surface area (Å²) in [5.74, 6) is 1.17. The number of hydrogen-bond acceptors (Lipinski definition) is 6. The molecule has 152 valence electrons. The van der Waals surface area contributed by atoms with Crippen molar-refractivity contribution < 1.29 is 14.3 Å². The fourth-order valence-corrected chi connectivity index (χ4v) is 3.18. The van der Waals surface area contributed by atoms with Crippen molar-refractivity contribution in [2.24, 2.45) is 16.0 Å². The molecule has 1 aliphatic heterocycles. The SMILES string of the molecule is CC(C)CCN=[N+]=[N-].COC(=O)NC1=Nc2ccc(C(=O)c3cccs3)cc2C1. The van der Waals surface area contributed by atoms with Gasteiger partial charge in [-0.3, -0.25) is 10.1 Å². The average molecular weight is 414 g/mol. The van der Waals surface area contributed by atoms with Crippen LogP contribution in [0.5, 0.6) is 0 Å². The number of ketones is 1. The average Bonchev–Trinajstić information content (AvgIpc) is 3.36. The molecule has 8 nitrogen and oxygen atoms in total. The number of ether oxygens (including phenoxy) is 1. The molecular formula is C20H23N5O3S. The van der Waals surface area contributed by atoms with Gasteiger partial charge >= 0.3 is 6.09 Å². The van der Waals surface area contributed by atoms with Gasteiger partial charge in [0.2, 0.25) is 5.78 Å². The molecule has 0 saturated carbocycles. The lowest BCUT2D eigenvalue weighted by Crippen LogP contribution is -2.30. The number of thiophene rings is 1. The van der Waals surface area contributed by atoms with E-state index in [1.54, 1.807) is 18.2 Å². The highest BCUT2D eigenvalue weighted by molar-refractivity contribution is 7.12. The van der Waals surface area contributed by atoms with Crippen LogP contribution in [0, 0.1) is 5.92 Å². The lowest BCUT2D eigenvalue weighted by molar-refractivity contribution is 0.104. The largest absolute Gasteiger partial charge is 0.453 e. The van der Waals surface area contributed by atoms with Crippen LogP contribution in [0.4, 0.5) is 10.5 Å². The van der Waals surface area contributed by atoms with Gasteiger partial charge in [-0.2, -0.15) is 0 Å². The summed E-state index contributed by atoms with van der Waals surface area (Å²) in [5.41, 5.74) is 10.2. The van der Waals surface area contributed by atoms with Crippen LogP contribution in [0.15, 0.2) is 45.8 Å². The number of rotatable bonds is 5. The van der Waals surface area contributed by atoms with Crippen molar-refractivity contribution in [3.05, 3.63) is 62.2 Å². The summed E-state index contributed by atoms with van der Waals surface area (Å²) in [7, 11) is 1.30. The molecule has 0 bridgehead atoms. The molecule has 2 aromatic rings. The zero-order valence-electron chi connectivity index (χ0n) is 16.6. The number of alkyl carbamates (subject to hydrolysis) is 1. The lowest BCUT2D eigenvalue weighted by atomic mass is 10.0. The van der Waals surface area contributed by atoms with Crippen LogP contribution in [0.3, 0.4) is 0 Å². The summed E-state index contributed by atoms with van der Waals surface area (Å²) in [6.07, 6.45) is 0.927. The van der Waals surface area contributed by atoms with Crippen molar-refractivity contribution in [1.82, 2.24) is 5.32 Å². The van der Waals surface area contributed by atoms with Crippen LogP contribution in [0.2, 0.25) is 0 Å². The first-order valence-corrected chi connectivity index (χ1v) is 9.97. The third-order valence-electron chi connectivity index (χ3n) is 4.00. The van der Waals surface area contributed by atoms with Gasteiger partial charge in [-0.25, -0.2) is 9.79 Å². The van der Waals surface area contributed by atoms with Crippen molar-refractivity contribution in [3.8, 4) is 0 Å². The fraction of sp³-hybridized carbons (Fsp3) is 0.350. The highest BCUT2D eigenvalue weighted by Gasteiger charge is 2.19. The van der Waals surface area contributed by atoms with Crippen LogP contribution >= 0.6 is 11.3 Å². The molecule has 0 fully saturated rings. The van der Waals surface area contributed by atoms with E-state index in [1.165, 1.54) is 18.4 Å². The molecular weight excluding hydrogens is 390 g/mol. The van der Waals surface area contributed by atoms with Crippen molar-refractivity contribution in [2.45, 2.75) is 26.7 Å². The molecule has 2 heterocycles. The molecule has 0 radical (unpaired) electrons. The number of carbonyl (C=O) groups is 2. The van der Waals surface area contributed by atoms with E-state index in [0.29, 0.717) is 35.2 Å². The van der Waals surface area contributed by atoms with E-state index in [9.17, 15) is 9.59 Å². The Bertz CT molecular complexity index is 932. The summed E-state index contributed by atoms with van der Waals surface area (Å²) in [5, 5.41) is 7.83. The van der Waals surface area contributed by atoms with E-state index in [-0.39, 0.29) is 5.78 Å². The molecule has 9 heteroatoms. The maximum Gasteiger partial charge on any atom is 0.412 e. The van der Waals surface area contributed by atoms with Gasteiger partial charge in [0.25, 0.3) is 0 Å². The Hall–Kier alpha value is -3.16. The quantitative estimate of drug-likeness (QED) is 0.312. The maximum absolute atomic E-state index is 12.3. The zero-order valence-corrected chi connectivity index (χ0v) is 17.4. The van der Waals surface area contributed by atoms with E-state index in [1.807, 2.05) is 17.5 Å². The minimum absolute atomic E-state index is 0.00202. The topological polar surface area (TPSA) is 117 Å². The Kier molecular flexibility index (Phi) is 8.39. The number of amidine groups is 1. The third kappa shape index (κ3) is 6.74. The van der Waals surface area contributed by atoms with E-state index in [4.69, 9.17) is 5.53 Å². The Morgan fingerprint density at radius 2 is 2.17 bits per heavy atom. The third-order valence-corrected chi connectivity index (χ3v) is 4.87. The van der Waals surface area contributed by atoms with Gasteiger partial charge in [0.05, 0.1) is 17.7 Å². The maximum atomic E-state index is 12.3. The van der Waals surface area contributed by atoms with Gasteiger partial charge in [0.15, 0.2) is 0 Å². The van der Waals surface area contributed by atoms with Gasteiger partial charge in [-0.15, -0.1) is 11.3 Å². The minimum atomic E-state index is -0.545. The van der Waals surface area contributed by atoms with Crippen LogP contribution in [-0.4, -0.2) is 31.4 Å². The highest BCUT2D eigenvalue weighted by atomic mass is 32.1. The smallest absolute Gasteiger partial charge is 0.412 e. The van der Waals surface area contributed by atoms with E-state index in [2.05, 4.69) is 38.9 Å². The Balaban J connectivity index is 0.000000321. The second-order valence-electron chi connectivity index (χ2n) is 6.64. The highest BCUT2D eigenvalue weighted by Crippen LogP contribution is 2.28. The second-order valence-corrected chi connectivity index (χ2v) is 7.59. The van der Waals surface area contributed by atoms with E-state index in [0.717, 1.165) is 17.7 Å². The van der Waals surface area contributed by atoms with Gasteiger partial charge in [0.1, 0.15) is 5.84 Å². The summed E-state index contributed by atoms with van der Waals surface area (Å²) < 4.78 is 4.54. The molecule has 0 aliphatic carbocycles. The fourth-order valence-electron chi connectivity index (χ4n) is 2.49. The number of benzene rings is 1. The number of azide groups is 1. The molecule has 1 aromatic heterocycles. The van der Waals surface area contributed by atoms with Crippen molar-refractivity contribution in [3.63, 3.8) is 0 Å². The molecule has 0 atom stereocenters. The van der Waals surface area contributed by atoms with Crippen molar-refractivity contribution >= 4 is 34.7 Å². The number of methoxy groups -OCH3 is 1. The van der Waals surface area contributed by atoms with Gasteiger partial charge in [-0.05, 0) is 53.1 Å². The predicted octanol–water partition coefficient (Wildman–Crippen LogP) is 5.26.